The van der Waals surface area contributed by atoms with E-state index in [1.54, 1.807) is 0 Å². The van der Waals surface area contributed by atoms with Gasteiger partial charge in [0.1, 0.15) is 5.82 Å². The van der Waals surface area contributed by atoms with E-state index in [1.807, 2.05) is 31.2 Å². The minimum Gasteiger partial charge on any atom is -0.348 e. The van der Waals surface area contributed by atoms with E-state index < -0.39 is 5.82 Å². The van der Waals surface area contributed by atoms with E-state index >= 15 is 0 Å². The molecule has 2 aromatic carbocycles. The van der Waals surface area contributed by atoms with Crippen LogP contribution in [0, 0.1) is 12.7 Å². The number of benzene rings is 2. The summed E-state index contributed by atoms with van der Waals surface area (Å²) in [5.41, 5.74) is 2.58. The molecule has 0 saturated carbocycles. The van der Waals surface area contributed by atoms with Crippen LogP contribution in [0.2, 0.25) is 0 Å². The Morgan fingerprint density at radius 2 is 2.05 bits per heavy atom. The molecule has 0 spiro atoms. The molecule has 2 nitrogen and oxygen atoms in total. The molecule has 2 aromatic rings. The Morgan fingerprint density at radius 1 is 1.26 bits per heavy atom. The molecule has 0 aliphatic rings. The van der Waals surface area contributed by atoms with Gasteiger partial charge in [0.05, 0.1) is 0 Å². The number of hydrogen-bond acceptors (Lipinski definition) is 2. The number of halogens is 1. The lowest BCUT2D eigenvalue weighted by molar-refractivity contribution is 0.0950. The zero-order chi connectivity index (χ0) is 13.8. The van der Waals surface area contributed by atoms with Gasteiger partial charge in [0.2, 0.25) is 0 Å². The molecule has 0 aliphatic heterocycles. The van der Waals surface area contributed by atoms with Gasteiger partial charge in [-0.3, -0.25) is 4.79 Å². The fourth-order valence-electron chi connectivity index (χ4n) is 1.76. The SMILES string of the molecule is Cc1cccc(CNC(=O)c2ccc(F)c(S)c2)c1. The predicted molar refractivity (Wildman–Crippen MR) is 76.0 cm³/mol. The summed E-state index contributed by atoms with van der Waals surface area (Å²) in [5.74, 6) is -0.671. The number of hydrogen-bond donors (Lipinski definition) is 2. The maximum atomic E-state index is 13.0. The number of aryl methyl sites for hydroxylation is 1. The third kappa shape index (κ3) is 3.58. The number of carbonyl (C=O) groups excluding carboxylic acids is 1. The summed E-state index contributed by atoms with van der Waals surface area (Å²) in [6.07, 6.45) is 0. The van der Waals surface area contributed by atoms with E-state index in [2.05, 4.69) is 17.9 Å². The maximum Gasteiger partial charge on any atom is 0.251 e. The lowest BCUT2D eigenvalue weighted by atomic mass is 10.1. The van der Waals surface area contributed by atoms with Crippen LogP contribution in [-0.4, -0.2) is 5.91 Å². The van der Waals surface area contributed by atoms with Crippen molar-refractivity contribution < 1.29 is 9.18 Å². The first-order valence-corrected chi connectivity index (χ1v) is 6.33. The lowest BCUT2D eigenvalue weighted by Gasteiger charge is -2.07. The van der Waals surface area contributed by atoms with E-state index in [0.717, 1.165) is 11.1 Å². The third-order valence-corrected chi connectivity index (χ3v) is 3.09. The van der Waals surface area contributed by atoms with Gasteiger partial charge in [-0.2, -0.15) is 0 Å². The quantitative estimate of drug-likeness (QED) is 0.826. The maximum absolute atomic E-state index is 13.0. The second-order valence-corrected chi connectivity index (χ2v) is 4.82. The van der Waals surface area contributed by atoms with Crippen LogP contribution in [0.15, 0.2) is 47.4 Å². The molecule has 0 heterocycles. The van der Waals surface area contributed by atoms with E-state index in [0.29, 0.717) is 12.1 Å². The van der Waals surface area contributed by atoms with Crippen molar-refractivity contribution in [3.63, 3.8) is 0 Å². The Hall–Kier alpha value is -1.81. The summed E-state index contributed by atoms with van der Waals surface area (Å²) >= 11 is 3.96. The van der Waals surface area contributed by atoms with Gasteiger partial charge in [0.15, 0.2) is 0 Å². The highest BCUT2D eigenvalue weighted by atomic mass is 32.1. The first kappa shape index (κ1) is 13.6. The molecular formula is C15H14FNOS. The molecular weight excluding hydrogens is 261 g/mol. The summed E-state index contributed by atoms with van der Waals surface area (Å²) in [6.45, 7) is 2.44. The number of thiol groups is 1. The van der Waals surface area contributed by atoms with Crippen LogP contribution in [-0.2, 0) is 6.54 Å². The van der Waals surface area contributed by atoms with Crippen LogP contribution in [0.25, 0.3) is 0 Å². The van der Waals surface area contributed by atoms with Crippen molar-refractivity contribution >= 4 is 18.5 Å². The summed E-state index contributed by atoms with van der Waals surface area (Å²) < 4.78 is 13.0. The molecule has 1 amide bonds. The van der Waals surface area contributed by atoms with Gasteiger partial charge < -0.3 is 5.32 Å². The monoisotopic (exact) mass is 275 g/mol. The number of rotatable bonds is 3. The predicted octanol–water partition coefficient (Wildman–Crippen LogP) is 3.35. The first-order chi connectivity index (χ1) is 9.06. The first-order valence-electron chi connectivity index (χ1n) is 5.88. The van der Waals surface area contributed by atoms with E-state index in [4.69, 9.17) is 0 Å². The number of carbonyl (C=O) groups is 1. The fourth-order valence-corrected chi connectivity index (χ4v) is 1.97. The molecule has 0 atom stereocenters. The van der Waals surface area contributed by atoms with Gasteiger partial charge in [-0.05, 0) is 30.7 Å². The molecule has 0 aromatic heterocycles. The minimum atomic E-state index is -0.432. The molecule has 0 unspecified atom stereocenters. The normalized spacial score (nSPS) is 10.3. The molecule has 2 rings (SSSR count). The Labute approximate surface area is 117 Å². The summed E-state index contributed by atoms with van der Waals surface area (Å²) in [5, 5.41) is 2.79. The van der Waals surface area contributed by atoms with Gasteiger partial charge in [-0.15, -0.1) is 12.6 Å². The summed E-state index contributed by atoms with van der Waals surface area (Å²) in [6, 6.07) is 12.0. The Balaban J connectivity index is 2.03. The molecule has 0 bridgehead atoms. The van der Waals surface area contributed by atoms with E-state index in [-0.39, 0.29) is 10.8 Å². The molecule has 0 radical (unpaired) electrons. The van der Waals surface area contributed by atoms with Crippen molar-refractivity contribution in [1.29, 1.82) is 0 Å². The second kappa shape index (κ2) is 5.89. The average Bonchev–Trinajstić information content (AvgIpc) is 2.39. The third-order valence-electron chi connectivity index (χ3n) is 2.74. The molecule has 4 heteroatoms. The van der Waals surface area contributed by atoms with Gasteiger partial charge >= 0.3 is 0 Å². The van der Waals surface area contributed by atoms with E-state index in [9.17, 15) is 9.18 Å². The summed E-state index contributed by atoms with van der Waals surface area (Å²) in [4.78, 5) is 12.1. The van der Waals surface area contributed by atoms with Gasteiger partial charge in [0.25, 0.3) is 5.91 Å². The topological polar surface area (TPSA) is 29.1 Å². The lowest BCUT2D eigenvalue weighted by Crippen LogP contribution is -2.22. The van der Waals surface area contributed by atoms with Crippen LogP contribution in [0.4, 0.5) is 4.39 Å². The van der Waals surface area contributed by atoms with Crippen molar-refractivity contribution in [3.8, 4) is 0 Å². The van der Waals surface area contributed by atoms with Crippen molar-refractivity contribution in [2.45, 2.75) is 18.4 Å². The van der Waals surface area contributed by atoms with Gasteiger partial charge in [0, 0.05) is 17.0 Å². The smallest absolute Gasteiger partial charge is 0.251 e. The van der Waals surface area contributed by atoms with Crippen molar-refractivity contribution in [1.82, 2.24) is 5.32 Å². The fraction of sp³-hybridized carbons (Fsp3) is 0.133. The molecule has 19 heavy (non-hydrogen) atoms. The van der Waals surface area contributed by atoms with Crippen LogP contribution in [0.5, 0.6) is 0 Å². The Bertz CT molecular complexity index is 613. The largest absolute Gasteiger partial charge is 0.348 e. The van der Waals surface area contributed by atoms with Crippen molar-refractivity contribution in [2.75, 3.05) is 0 Å². The summed E-state index contributed by atoms with van der Waals surface area (Å²) in [7, 11) is 0. The molecule has 0 fully saturated rings. The Kier molecular flexibility index (Phi) is 4.22. The highest BCUT2D eigenvalue weighted by Gasteiger charge is 2.07. The molecule has 1 N–H and O–H groups in total. The Morgan fingerprint density at radius 3 is 2.74 bits per heavy atom. The standard InChI is InChI=1S/C15H14FNOS/c1-10-3-2-4-11(7-10)9-17-15(18)12-5-6-13(16)14(19)8-12/h2-8,19H,9H2,1H3,(H,17,18). The van der Waals surface area contributed by atoms with Gasteiger partial charge in [-0.1, -0.05) is 29.8 Å². The zero-order valence-electron chi connectivity index (χ0n) is 10.5. The van der Waals surface area contributed by atoms with Crippen LogP contribution < -0.4 is 5.32 Å². The van der Waals surface area contributed by atoms with Gasteiger partial charge in [-0.25, -0.2) is 4.39 Å². The number of amides is 1. The van der Waals surface area contributed by atoms with Crippen LogP contribution >= 0.6 is 12.6 Å². The van der Waals surface area contributed by atoms with Crippen LogP contribution in [0.3, 0.4) is 0 Å². The van der Waals surface area contributed by atoms with E-state index in [1.165, 1.54) is 18.2 Å². The second-order valence-electron chi connectivity index (χ2n) is 4.34. The molecule has 0 aliphatic carbocycles. The minimum absolute atomic E-state index is 0.170. The molecule has 0 saturated heterocycles. The highest BCUT2D eigenvalue weighted by Crippen LogP contribution is 2.14. The highest BCUT2D eigenvalue weighted by molar-refractivity contribution is 7.80. The average molecular weight is 275 g/mol. The van der Waals surface area contributed by atoms with Crippen molar-refractivity contribution in [3.05, 3.63) is 65.0 Å². The molecule has 98 valence electrons. The van der Waals surface area contributed by atoms with Crippen LogP contribution in [0.1, 0.15) is 21.5 Å². The zero-order valence-corrected chi connectivity index (χ0v) is 11.4. The number of nitrogens with one attached hydrogen (secondary N) is 1. The van der Waals surface area contributed by atoms with Crippen molar-refractivity contribution in [2.24, 2.45) is 0 Å².